The third-order valence-electron chi connectivity index (χ3n) is 3.55. The number of nitrogens with zero attached hydrogens (tertiary/aromatic N) is 5. The number of aryl methyl sites for hydroxylation is 1. The molecule has 0 atom stereocenters. The van der Waals surface area contributed by atoms with Gasteiger partial charge in [-0.3, -0.25) is 14.9 Å². The minimum absolute atomic E-state index is 0.0302. The van der Waals surface area contributed by atoms with Gasteiger partial charge in [0.05, 0.1) is 4.92 Å². The van der Waals surface area contributed by atoms with E-state index in [1.54, 1.807) is 18.2 Å². The third-order valence-corrected chi connectivity index (χ3v) is 3.78. The molecule has 10 heteroatoms. The van der Waals surface area contributed by atoms with E-state index in [1.165, 1.54) is 24.3 Å². The molecule has 0 fully saturated rings. The molecule has 0 aliphatic carbocycles. The van der Waals surface area contributed by atoms with Gasteiger partial charge < -0.3 is 5.32 Å². The molecule has 0 bridgehead atoms. The van der Waals surface area contributed by atoms with Crippen molar-refractivity contribution < 1.29 is 9.72 Å². The van der Waals surface area contributed by atoms with Crippen LogP contribution in [0.5, 0.6) is 0 Å². The van der Waals surface area contributed by atoms with Crippen LogP contribution in [0.25, 0.3) is 11.4 Å². The quantitative estimate of drug-likeness (QED) is 0.543. The number of amides is 1. The fourth-order valence-electron chi connectivity index (χ4n) is 2.21. The van der Waals surface area contributed by atoms with E-state index in [-0.39, 0.29) is 24.0 Å². The van der Waals surface area contributed by atoms with Crippen LogP contribution in [0, 0.1) is 17.0 Å². The van der Waals surface area contributed by atoms with Gasteiger partial charge in [-0.1, -0.05) is 17.7 Å². The molecule has 3 aromatic rings. The zero-order valence-corrected chi connectivity index (χ0v) is 14.3. The molecule has 0 spiro atoms. The normalized spacial score (nSPS) is 10.5. The number of rotatable bonds is 5. The lowest BCUT2D eigenvalue weighted by Crippen LogP contribution is -2.21. The Labute approximate surface area is 152 Å². The molecule has 1 heterocycles. The topological polar surface area (TPSA) is 116 Å². The molecule has 0 radical (unpaired) electrons. The number of anilines is 1. The van der Waals surface area contributed by atoms with Gasteiger partial charge in [-0.05, 0) is 42.0 Å². The van der Waals surface area contributed by atoms with Gasteiger partial charge in [0.15, 0.2) is 0 Å². The van der Waals surface area contributed by atoms with Crippen LogP contribution >= 0.6 is 11.6 Å². The van der Waals surface area contributed by atoms with Crippen molar-refractivity contribution in [3.63, 3.8) is 0 Å². The number of hydrogen-bond donors (Lipinski definition) is 1. The van der Waals surface area contributed by atoms with Gasteiger partial charge in [0.25, 0.3) is 5.69 Å². The zero-order valence-electron chi connectivity index (χ0n) is 13.6. The number of halogens is 1. The van der Waals surface area contributed by atoms with Crippen LogP contribution < -0.4 is 5.32 Å². The molecule has 3 rings (SSSR count). The zero-order chi connectivity index (χ0) is 18.7. The lowest BCUT2D eigenvalue weighted by Gasteiger charge is -2.08. The Balaban J connectivity index is 1.69. The number of hydrogen-bond acceptors (Lipinski definition) is 6. The molecule has 1 aromatic heterocycles. The molecule has 0 aliphatic rings. The first-order valence-electron chi connectivity index (χ1n) is 7.51. The average Bonchev–Trinajstić information content (AvgIpc) is 3.06. The van der Waals surface area contributed by atoms with Crippen molar-refractivity contribution in [2.45, 2.75) is 13.5 Å². The van der Waals surface area contributed by atoms with E-state index in [0.717, 1.165) is 10.4 Å². The van der Waals surface area contributed by atoms with Crippen LogP contribution in [0.2, 0.25) is 5.02 Å². The SMILES string of the molecule is Cc1ccc(Cl)cc1NC(=O)Cn1nnc(-c2ccc([N+](=O)[O-])cc2)n1. The smallest absolute Gasteiger partial charge is 0.269 e. The van der Waals surface area contributed by atoms with E-state index < -0.39 is 4.92 Å². The standard InChI is InChI=1S/C16H13ClN6O3/c1-10-2-5-12(17)8-14(10)18-15(24)9-22-20-16(19-21-22)11-3-6-13(7-4-11)23(25)26/h2-8H,9H2,1H3,(H,18,24). The molecule has 26 heavy (non-hydrogen) atoms. The molecule has 1 N–H and O–H groups in total. The molecule has 132 valence electrons. The maximum atomic E-state index is 12.2. The first-order valence-corrected chi connectivity index (χ1v) is 7.89. The highest BCUT2D eigenvalue weighted by Gasteiger charge is 2.12. The Hall–Kier alpha value is -3.33. The van der Waals surface area contributed by atoms with E-state index in [2.05, 4.69) is 20.7 Å². The Bertz CT molecular complexity index is 970. The molecule has 0 saturated carbocycles. The van der Waals surface area contributed by atoms with Crippen LogP contribution in [0.3, 0.4) is 0 Å². The Morgan fingerprint density at radius 3 is 2.69 bits per heavy atom. The van der Waals surface area contributed by atoms with Crippen molar-refractivity contribution in [3.05, 3.63) is 63.2 Å². The summed E-state index contributed by atoms with van der Waals surface area (Å²) in [5.41, 5.74) is 2.02. The number of carbonyl (C=O) groups is 1. The number of non-ortho nitro benzene ring substituents is 1. The summed E-state index contributed by atoms with van der Waals surface area (Å²) in [5, 5.41) is 25.7. The van der Waals surface area contributed by atoms with Crippen molar-refractivity contribution in [2.24, 2.45) is 0 Å². The van der Waals surface area contributed by atoms with Crippen molar-refractivity contribution in [2.75, 3.05) is 5.32 Å². The molecule has 9 nitrogen and oxygen atoms in total. The minimum Gasteiger partial charge on any atom is -0.324 e. The second-order valence-corrected chi connectivity index (χ2v) is 5.89. The van der Waals surface area contributed by atoms with Gasteiger partial charge >= 0.3 is 0 Å². The van der Waals surface area contributed by atoms with Crippen molar-refractivity contribution in [1.82, 2.24) is 20.2 Å². The maximum Gasteiger partial charge on any atom is 0.269 e. The average molecular weight is 373 g/mol. The number of nitrogens with one attached hydrogen (secondary N) is 1. The van der Waals surface area contributed by atoms with Gasteiger partial charge in [-0.15, -0.1) is 10.2 Å². The highest BCUT2D eigenvalue weighted by molar-refractivity contribution is 6.31. The van der Waals surface area contributed by atoms with Crippen molar-refractivity contribution >= 4 is 28.9 Å². The molecule has 0 unspecified atom stereocenters. The Kier molecular flexibility index (Phi) is 4.90. The first kappa shape index (κ1) is 17.5. The summed E-state index contributed by atoms with van der Waals surface area (Å²) < 4.78 is 0. The van der Waals surface area contributed by atoms with Crippen molar-refractivity contribution in [1.29, 1.82) is 0 Å². The molecule has 1 amide bonds. The van der Waals surface area contributed by atoms with Crippen LogP contribution in [0.1, 0.15) is 5.56 Å². The van der Waals surface area contributed by atoms with Gasteiger partial charge in [-0.2, -0.15) is 4.80 Å². The molecular formula is C16H13ClN6O3. The van der Waals surface area contributed by atoms with Crippen LogP contribution in [-0.2, 0) is 11.3 Å². The number of tetrazole rings is 1. The summed E-state index contributed by atoms with van der Waals surface area (Å²) in [7, 11) is 0. The number of nitro benzene ring substituents is 1. The van der Waals surface area contributed by atoms with Crippen LogP contribution in [-0.4, -0.2) is 31.0 Å². The van der Waals surface area contributed by atoms with Crippen LogP contribution in [0.4, 0.5) is 11.4 Å². The minimum atomic E-state index is -0.490. The number of aromatic nitrogens is 4. The van der Waals surface area contributed by atoms with Gasteiger partial charge in [0, 0.05) is 28.4 Å². The lowest BCUT2D eigenvalue weighted by molar-refractivity contribution is -0.384. The van der Waals surface area contributed by atoms with Gasteiger partial charge in [0.1, 0.15) is 6.54 Å². The summed E-state index contributed by atoms with van der Waals surface area (Å²) in [6, 6.07) is 10.9. The molecular weight excluding hydrogens is 360 g/mol. The van der Waals surface area contributed by atoms with E-state index >= 15 is 0 Å². The Morgan fingerprint density at radius 1 is 1.27 bits per heavy atom. The maximum absolute atomic E-state index is 12.2. The van der Waals surface area contributed by atoms with E-state index in [0.29, 0.717) is 16.3 Å². The van der Waals surface area contributed by atoms with Gasteiger partial charge in [-0.25, -0.2) is 0 Å². The number of benzene rings is 2. The second kappa shape index (κ2) is 7.28. The highest BCUT2D eigenvalue weighted by atomic mass is 35.5. The largest absolute Gasteiger partial charge is 0.324 e. The summed E-state index contributed by atoms with van der Waals surface area (Å²) in [4.78, 5) is 23.5. The van der Waals surface area contributed by atoms with Crippen LogP contribution in [0.15, 0.2) is 42.5 Å². The fourth-order valence-corrected chi connectivity index (χ4v) is 2.38. The predicted molar refractivity (Wildman–Crippen MR) is 94.7 cm³/mol. The second-order valence-electron chi connectivity index (χ2n) is 5.45. The highest BCUT2D eigenvalue weighted by Crippen LogP contribution is 2.20. The van der Waals surface area contributed by atoms with E-state index in [1.807, 2.05) is 6.92 Å². The van der Waals surface area contributed by atoms with E-state index in [4.69, 9.17) is 11.6 Å². The van der Waals surface area contributed by atoms with Gasteiger partial charge in [0.2, 0.25) is 11.7 Å². The van der Waals surface area contributed by atoms with Crippen molar-refractivity contribution in [3.8, 4) is 11.4 Å². The molecule has 0 aliphatic heterocycles. The van der Waals surface area contributed by atoms with E-state index in [9.17, 15) is 14.9 Å². The summed E-state index contributed by atoms with van der Waals surface area (Å²) in [6.45, 7) is 1.72. The summed E-state index contributed by atoms with van der Waals surface area (Å²) in [6.07, 6.45) is 0. The summed E-state index contributed by atoms with van der Waals surface area (Å²) >= 11 is 5.93. The predicted octanol–water partition coefficient (Wildman–Crippen LogP) is 2.85. The fraction of sp³-hybridized carbons (Fsp3) is 0.125. The monoisotopic (exact) mass is 372 g/mol. The first-order chi connectivity index (χ1) is 12.4. The molecule has 2 aromatic carbocycles. The number of nitro groups is 1. The Morgan fingerprint density at radius 2 is 2.00 bits per heavy atom. The lowest BCUT2D eigenvalue weighted by atomic mass is 10.2. The summed E-state index contributed by atoms with van der Waals surface area (Å²) in [5.74, 6) is -0.0605. The third kappa shape index (κ3) is 4.01. The number of carbonyl (C=O) groups excluding carboxylic acids is 1. The molecule has 0 saturated heterocycles.